The van der Waals surface area contributed by atoms with Gasteiger partial charge in [-0.15, -0.1) is 0 Å². The molecule has 0 bridgehead atoms. The van der Waals surface area contributed by atoms with Crippen LogP contribution in [0.3, 0.4) is 0 Å². The monoisotopic (exact) mass is 275 g/mol. The number of benzene rings is 1. The highest BCUT2D eigenvalue weighted by molar-refractivity contribution is 5.51. The van der Waals surface area contributed by atoms with Gasteiger partial charge in [0.2, 0.25) is 0 Å². The lowest BCUT2D eigenvalue weighted by atomic mass is 10.0. The molecular weight excluding hydrogens is 250 g/mol. The number of nitrogens with one attached hydrogen (secondary N) is 1. The van der Waals surface area contributed by atoms with Crippen LogP contribution in [0.1, 0.15) is 12.8 Å². The lowest BCUT2D eigenvalue weighted by Gasteiger charge is -2.41. The van der Waals surface area contributed by atoms with Gasteiger partial charge >= 0.3 is 0 Å². The van der Waals surface area contributed by atoms with Gasteiger partial charge in [-0.1, -0.05) is 6.07 Å². The molecule has 1 aromatic carbocycles. The molecular formula is C16H25N3O. The fourth-order valence-corrected chi connectivity index (χ4v) is 3.34. The van der Waals surface area contributed by atoms with E-state index in [0.717, 1.165) is 38.0 Å². The molecule has 4 heteroatoms. The maximum absolute atomic E-state index is 5.32. The Morgan fingerprint density at radius 2 is 1.85 bits per heavy atom. The van der Waals surface area contributed by atoms with Gasteiger partial charge < -0.3 is 15.0 Å². The van der Waals surface area contributed by atoms with Gasteiger partial charge in [0.05, 0.1) is 7.11 Å². The lowest BCUT2D eigenvalue weighted by Crippen LogP contribution is -2.52. The average molecular weight is 275 g/mol. The summed E-state index contributed by atoms with van der Waals surface area (Å²) in [7, 11) is 1.73. The summed E-state index contributed by atoms with van der Waals surface area (Å²) in [5, 5.41) is 3.44. The van der Waals surface area contributed by atoms with Crippen molar-refractivity contribution in [1.29, 1.82) is 0 Å². The molecule has 20 heavy (non-hydrogen) atoms. The molecule has 0 unspecified atom stereocenters. The molecule has 0 spiro atoms. The van der Waals surface area contributed by atoms with Gasteiger partial charge in [-0.25, -0.2) is 0 Å². The van der Waals surface area contributed by atoms with Gasteiger partial charge in [0.15, 0.2) is 0 Å². The number of nitrogens with zero attached hydrogens (tertiary/aromatic N) is 2. The number of hydrogen-bond donors (Lipinski definition) is 1. The average Bonchev–Trinajstić information content (AvgIpc) is 2.56. The smallest absolute Gasteiger partial charge is 0.120 e. The molecule has 2 fully saturated rings. The molecule has 2 aliphatic heterocycles. The first kappa shape index (κ1) is 13.7. The SMILES string of the molecule is COc1cccc(N2CCC(N3CCNCC3)CC2)c1. The summed E-state index contributed by atoms with van der Waals surface area (Å²) in [5.74, 6) is 0.951. The summed E-state index contributed by atoms with van der Waals surface area (Å²) >= 11 is 0. The van der Waals surface area contributed by atoms with Crippen molar-refractivity contribution in [3.05, 3.63) is 24.3 Å². The van der Waals surface area contributed by atoms with Gasteiger partial charge in [-0.2, -0.15) is 0 Å². The molecule has 2 saturated heterocycles. The first-order valence-electron chi connectivity index (χ1n) is 7.70. The number of piperidine rings is 1. The molecule has 1 N–H and O–H groups in total. The summed E-state index contributed by atoms with van der Waals surface area (Å²) in [4.78, 5) is 5.15. The van der Waals surface area contributed by atoms with Crippen molar-refractivity contribution >= 4 is 5.69 Å². The van der Waals surface area contributed by atoms with E-state index in [0.29, 0.717) is 0 Å². The first-order chi connectivity index (χ1) is 9.86. The van der Waals surface area contributed by atoms with Gasteiger partial charge in [-0.3, -0.25) is 4.90 Å². The quantitative estimate of drug-likeness (QED) is 0.906. The lowest BCUT2D eigenvalue weighted by molar-refractivity contribution is 0.150. The maximum Gasteiger partial charge on any atom is 0.120 e. The summed E-state index contributed by atoms with van der Waals surface area (Å²) in [6.45, 7) is 7.03. The van der Waals surface area contributed by atoms with E-state index in [4.69, 9.17) is 4.74 Å². The molecule has 4 nitrogen and oxygen atoms in total. The number of methoxy groups -OCH3 is 1. The zero-order valence-corrected chi connectivity index (χ0v) is 12.3. The molecule has 0 saturated carbocycles. The van der Waals surface area contributed by atoms with E-state index in [-0.39, 0.29) is 0 Å². The summed E-state index contributed by atoms with van der Waals surface area (Å²) in [6, 6.07) is 9.20. The van der Waals surface area contributed by atoms with Gasteiger partial charge in [0, 0.05) is 57.1 Å². The Morgan fingerprint density at radius 1 is 1.10 bits per heavy atom. The third-order valence-corrected chi connectivity index (χ3v) is 4.55. The first-order valence-corrected chi connectivity index (χ1v) is 7.70. The predicted molar refractivity (Wildman–Crippen MR) is 82.7 cm³/mol. The minimum atomic E-state index is 0.777. The van der Waals surface area contributed by atoms with Gasteiger partial charge in [0.1, 0.15) is 5.75 Å². The van der Waals surface area contributed by atoms with Crippen LogP contribution in [0.25, 0.3) is 0 Å². The molecule has 2 aliphatic rings. The van der Waals surface area contributed by atoms with Crippen molar-refractivity contribution in [2.75, 3.05) is 51.3 Å². The normalized spacial score (nSPS) is 21.9. The van der Waals surface area contributed by atoms with Crippen LogP contribution in [-0.2, 0) is 0 Å². The zero-order valence-electron chi connectivity index (χ0n) is 12.3. The molecule has 2 heterocycles. The van der Waals surface area contributed by atoms with E-state index in [1.807, 2.05) is 6.07 Å². The fraction of sp³-hybridized carbons (Fsp3) is 0.625. The third kappa shape index (κ3) is 3.07. The Morgan fingerprint density at radius 3 is 2.55 bits per heavy atom. The number of ether oxygens (including phenoxy) is 1. The second kappa shape index (κ2) is 6.46. The zero-order chi connectivity index (χ0) is 13.8. The Balaban J connectivity index is 1.57. The number of piperazine rings is 1. The van der Waals surface area contributed by atoms with E-state index < -0.39 is 0 Å². The molecule has 3 rings (SSSR count). The minimum absolute atomic E-state index is 0.777. The Bertz CT molecular complexity index is 423. The molecule has 0 atom stereocenters. The molecule has 110 valence electrons. The van der Waals surface area contributed by atoms with Crippen LogP contribution in [0, 0.1) is 0 Å². The van der Waals surface area contributed by atoms with Crippen LogP contribution in [0.4, 0.5) is 5.69 Å². The summed E-state index contributed by atoms with van der Waals surface area (Å²) < 4.78 is 5.32. The highest BCUT2D eigenvalue weighted by Crippen LogP contribution is 2.25. The van der Waals surface area contributed by atoms with Crippen LogP contribution < -0.4 is 15.0 Å². The van der Waals surface area contributed by atoms with Crippen LogP contribution in [-0.4, -0.2) is 57.3 Å². The molecule has 0 aliphatic carbocycles. The summed E-state index contributed by atoms with van der Waals surface area (Å²) in [6.07, 6.45) is 2.55. The highest BCUT2D eigenvalue weighted by Gasteiger charge is 2.25. The van der Waals surface area contributed by atoms with Crippen LogP contribution >= 0.6 is 0 Å². The molecule has 0 radical (unpaired) electrons. The largest absolute Gasteiger partial charge is 0.497 e. The second-order valence-electron chi connectivity index (χ2n) is 5.71. The van der Waals surface area contributed by atoms with E-state index >= 15 is 0 Å². The van der Waals surface area contributed by atoms with Crippen molar-refractivity contribution in [1.82, 2.24) is 10.2 Å². The Hall–Kier alpha value is -1.26. The van der Waals surface area contributed by atoms with E-state index in [1.54, 1.807) is 7.11 Å². The van der Waals surface area contributed by atoms with E-state index in [1.165, 1.54) is 31.6 Å². The molecule has 1 aromatic rings. The number of anilines is 1. The van der Waals surface area contributed by atoms with Crippen LogP contribution in [0.5, 0.6) is 5.75 Å². The Kier molecular flexibility index (Phi) is 4.43. The summed E-state index contributed by atoms with van der Waals surface area (Å²) in [5.41, 5.74) is 1.29. The van der Waals surface area contributed by atoms with Crippen LogP contribution in [0.15, 0.2) is 24.3 Å². The van der Waals surface area contributed by atoms with Crippen LogP contribution in [0.2, 0.25) is 0 Å². The maximum atomic E-state index is 5.32. The minimum Gasteiger partial charge on any atom is -0.497 e. The van der Waals surface area contributed by atoms with E-state index in [9.17, 15) is 0 Å². The highest BCUT2D eigenvalue weighted by atomic mass is 16.5. The molecule has 0 amide bonds. The Labute approximate surface area is 121 Å². The topological polar surface area (TPSA) is 27.7 Å². The van der Waals surface area contributed by atoms with Gasteiger partial charge in [-0.05, 0) is 25.0 Å². The molecule has 0 aromatic heterocycles. The number of rotatable bonds is 3. The fourth-order valence-electron chi connectivity index (χ4n) is 3.34. The predicted octanol–water partition coefficient (Wildman–Crippen LogP) is 1.57. The second-order valence-corrected chi connectivity index (χ2v) is 5.71. The van der Waals surface area contributed by atoms with E-state index in [2.05, 4.69) is 33.3 Å². The van der Waals surface area contributed by atoms with Crippen molar-refractivity contribution in [3.8, 4) is 5.75 Å². The van der Waals surface area contributed by atoms with Crippen molar-refractivity contribution in [2.45, 2.75) is 18.9 Å². The third-order valence-electron chi connectivity index (χ3n) is 4.55. The van der Waals surface area contributed by atoms with Crippen molar-refractivity contribution in [2.24, 2.45) is 0 Å². The van der Waals surface area contributed by atoms with Crippen molar-refractivity contribution in [3.63, 3.8) is 0 Å². The standard InChI is InChI=1S/C16H25N3O/c1-20-16-4-2-3-15(13-16)18-9-5-14(6-10-18)19-11-7-17-8-12-19/h2-4,13-14,17H,5-12H2,1H3. The number of hydrogen-bond acceptors (Lipinski definition) is 4. The van der Waals surface area contributed by atoms with Crippen molar-refractivity contribution < 1.29 is 4.74 Å². The van der Waals surface area contributed by atoms with Gasteiger partial charge in [0.25, 0.3) is 0 Å².